The molecule has 2 fully saturated rings. The van der Waals surface area contributed by atoms with Gasteiger partial charge in [-0.25, -0.2) is 0 Å². The molecule has 0 amide bonds. The van der Waals surface area contributed by atoms with Crippen molar-refractivity contribution in [3.8, 4) is 28.1 Å². The van der Waals surface area contributed by atoms with Gasteiger partial charge in [-0.2, -0.15) is 4.98 Å². The number of rotatable bonds is 3. The number of hydrogen-bond acceptors (Lipinski definition) is 5. The number of aryl methyl sites for hydroxylation is 1. The van der Waals surface area contributed by atoms with Gasteiger partial charge in [0.25, 0.3) is 0 Å². The Bertz CT molecular complexity index is 1240. The van der Waals surface area contributed by atoms with Crippen LogP contribution >= 0.6 is 0 Å². The lowest BCUT2D eigenvalue weighted by molar-refractivity contribution is 0.289. The van der Waals surface area contributed by atoms with Gasteiger partial charge in [0.1, 0.15) is 12.4 Å². The first-order valence-corrected chi connectivity index (χ1v) is 11.5. The summed E-state index contributed by atoms with van der Waals surface area (Å²) in [5, 5.41) is 3.72. The van der Waals surface area contributed by atoms with Crippen LogP contribution in [0.15, 0.2) is 53.5 Å². The van der Waals surface area contributed by atoms with E-state index >= 15 is 0 Å². The standard InChI is InChI=1S/C26H28N4O2/c1-29-14-17(4-10-25(29)31)16-3-7-22-18(11-16)15-32-26-23(22)8-9-24(28-26)30(2)21-12-19-5-6-20(13-21)27-19/h3-4,7-11,14,19-21,27H,5-6,12-13,15H2,1-2H3/t19-,20+,21-. The highest BCUT2D eigenvalue weighted by molar-refractivity contribution is 5.78. The Balaban J connectivity index is 1.28. The van der Waals surface area contributed by atoms with E-state index in [1.807, 2.05) is 12.3 Å². The lowest BCUT2D eigenvalue weighted by Crippen LogP contribution is -2.47. The summed E-state index contributed by atoms with van der Waals surface area (Å²) in [5.74, 6) is 1.70. The zero-order valence-corrected chi connectivity index (χ0v) is 18.5. The fraction of sp³-hybridized carbons (Fsp3) is 0.385. The summed E-state index contributed by atoms with van der Waals surface area (Å²) in [6.45, 7) is 0.500. The van der Waals surface area contributed by atoms with E-state index in [-0.39, 0.29) is 5.56 Å². The number of ether oxygens (including phenoxy) is 1. The van der Waals surface area contributed by atoms with Gasteiger partial charge < -0.3 is 19.5 Å². The second kappa shape index (κ2) is 7.48. The molecular formula is C26H28N4O2. The van der Waals surface area contributed by atoms with Crippen molar-refractivity contribution in [2.45, 2.75) is 50.4 Å². The summed E-state index contributed by atoms with van der Waals surface area (Å²) in [6, 6.07) is 16.0. The SMILES string of the molecule is CN(c1ccc2c(n1)OCc1cc(-c3ccc(=O)n(C)c3)ccc1-2)[C@@H]1C[C@H]2CC[C@@H](C1)N2. The maximum absolute atomic E-state index is 11.7. The number of benzene rings is 1. The van der Waals surface area contributed by atoms with Crippen molar-refractivity contribution in [2.75, 3.05) is 11.9 Å². The van der Waals surface area contributed by atoms with Gasteiger partial charge in [0.2, 0.25) is 11.4 Å². The molecule has 0 aliphatic carbocycles. The van der Waals surface area contributed by atoms with Gasteiger partial charge in [0, 0.05) is 50.0 Å². The number of nitrogens with zero attached hydrogens (tertiary/aromatic N) is 3. The van der Waals surface area contributed by atoms with Gasteiger partial charge in [-0.3, -0.25) is 4.79 Å². The average molecular weight is 429 g/mol. The highest BCUT2D eigenvalue weighted by Gasteiger charge is 2.35. The van der Waals surface area contributed by atoms with Crippen LogP contribution in [0.1, 0.15) is 31.2 Å². The first-order chi connectivity index (χ1) is 15.5. The van der Waals surface area contributed by atoms with Gasteiger partial charge in [-0.05, 0) is 72.2 Å². The molecule has 6 rings (SSSR count). The minimum atomic E-state index is -0.00652. The van der Waals surface area contributed by atoms with Crippen LogP contribution in [0.5, 0.6) is 5.88 Å². The predicted octanol–water partition coefficient (Wildman–Crippen LogP) is 3.73. The number of piperidine rings is 1. The topological polar surface area (TPSA) is 59.4 Å². The van der Waals surface area contributed by atoms with Crippen molar-refractivity contribution in [3.63, 3.8) is 0 Å². The van der Waals surface area contributed by atoms with Crippen LogP contribution in [0.25, 0.3) is 22.3 Å². The van der Waals surface area contributed by atoms with E-state index in [0.29, 0.717) is 30.6 Å². The minimum absolute atomic E-state index is 0.00652. The van der Waals surface area contributed by atoms with Gasteiger partial charge in [0.15, 0.2) is 0 Å². The molecule has 3 aliphatic rings. The molecule has 2 saturated heterocycles. The molecule has 0 unspecified atom stereocenters. The van der Waals surface area contributed by atoms with Gasteiger partial charge in [-0.15, -0.1) is 0 Å². The molecule has 0 spiro atoms. The van der Waals surface area contributed by atoms with E-state index in [0.717, 1.165) is 28.1 Å². The summed E-state index contributed by atoms with van der Waals surface area (Å²) in [5.41, 5.74) is 5.44. The second-order valence-electron chi connectivity index (χ2n) is 9.42. The Morgan fingerprint density at radius 1 is 1.03 bits per heavy atom. The third kappa shape index (κ3) is 3.30. The molecule has 3 atom stereocenters. The molecule has 6 nitrogen and oxygen atoms in total. The molecule has 3 aliphatic heterocycles. The molecule has 1 aromatic carbocycles. The summed E-state index contributed by atoms with van der Waals surface area (Å²) < 4.78 is 7.72. The van der Waals surface area contributed by atoms with Crippen LogP contribution in [0.4, 0.5) is 5.82 Å². The molecule has 2 aromatic heterocycles. The fourth-order valence-electron chi connectivity index (χ4n) is 5.54. The maximum Gasteiger partial charge on any atom is 0.250 e. The van der Waals surface area contributed by atoms with E-state index < -0.39 is 0 Å². The van der Waals surface area contributed by atoms with Gasteiger partial charge >= 0.3 is 0 Å². The van der Waals surface area contributed by atoms with Crippen LogP contribution in [-0.2, 0) is 13.7 Å². The Hall–Kier alpha value is -3.12. The van der Waals surface area contributed by atoms with Gasteiger partial charge in [0.05, 0.1) is 0 Å². The first kappa shape index (κ1) is 19.6. The lowest BCUT2D eigenvalue weighted by atomic mass is 9.94. The van der Waals surface area contributed by atoms with Crippen molar-refractivity contribution >= 4 is 5.82 Å². The molecule has 32 heavy (non-hydrogen) atoms. The average Bonchev–Trinajstić information content (AvgIpc) is 3.16. The maximum atomic E-state index is 11.7. The molecule has 0 saturated carbocycles. The predicted molar refractivity (Wildman–Crippen MR) is 126 cm³/mol. The normalized spacial score (nSPS) is 23.2. The molecule has 6 heteroatoms. The lowest BCUT2D eigenvalue weighted by Gasteiger charge is -2.36. The van der Waals surface area contributed by atoms with Crippen molar-refractivity contribution in [3.05, 3.63) is 64.6 Å². The van der Waals surface area contributed by atoms with Crippen molar-refractivity contribution in [2.24, 2.45) is 7.05 Å². The van der Waals surface area contributed by atoms with Crippen molar-refractivity contribution in [1.82, 2.24) is 14.9 Å². The van der Waals surface area contributed by atoms with Crippen LogP contribution < -0.4 is 20.5 Å². The number of anilines is 1. The highest BCUT2D eigenvalue weighted by atomic mass is 16.5. The second-order valence-corrected chi connectivity index (χ2v) is 9.42. The van der Waals surface area contributed by atoms with E-state index in [9.17, 15) is 4.79 Å². The highest BCUT2D eigenvalue weighted by Crippen LogP contribution is 2.40. The van der Waals surface area contributed by atoms with Crippen molar-refractivity contribution in [1.29, 1.82) is 0 Å². The van der Waals surface area contributed by atoms with E-state index in [2.05, 4.69) is 47.6 Å². The molecular weight excluding hydrogens is 400 g/mol. The molecule has 164 valence electrons. The van der Waals surface area contributed by atoms with E-state index in [1.165, 1.54) is 31.2 Å². The smallest absolute Gasteiger partial charge is 0.250 e. The zero-order chi connectivity index (χ0) is 21.8. The number of aromatic nitrogens is 2. The van der Waals surface area contributed by atoms with E-state index in [4.69, 9.17) is 9.72 Å². The number of fused-ring (bicyclic) bond motifs is 5. The summed E-state index contributed by atoms with van der Waals surface area (Å²) in [7, 11) is 3.94. The van der Waals surface area contributed by atoms with E-state index in [1.54, 1.807) is 17.7 Å². The number of hydrogen-bond donors (Lipinski definition) is 1. The summed E-state index contributed by atoms with van der Waals surface area (Å²) in [4.78, 5) is 19.0. The number of pyridine rings is 2. The molecule has 1 N–H and O–H groups in total. The molecule has 5 heterocycles. The van der Waals surface area contributed by atoms with Crippen LogP contribution in [0.3, 0.4) is 0 Å². The molecule has 0 radical (unpaired) electrons. The summed E-state index contributed by atoms with van der Waals surface area (Å²) in [6.07, 6.45) is 6.84. The van der Waals surface area contributed by atoms with Crippen LogP contribution in [0.2, 0.25) is 0 Å². The number of nitrogens with one attached hydrogen (secondary N) is 1. The third-order valence-corrected chi connectivity index (χ3v) is 7.38. The monoisotopic (exact) mass is 428 g/mol. The molecule has 3 aromatic rings. The minimum Gasteiger partial charge on any atom is -0.472 e. The van der Waals surface area contributed by atoms with Crippen molar-refractivity contribution < 1.29 is 4.74 Å². The Morgan fingerprint density at radius 3 is 2.56 bits per heavy atom. The Morgan fingerprint density at radius 2 is 1.78 bits per heavy atom. The Labute approximate surface area is 187 Å². The molecule has 2 bridgehead atoms. The largest absolute Gasteiger partial charge is 0.472 e. The first-order valence-electron chi connectivity index (χ1n) is 11.5. The fourth-order valence-corrected chi connectivity index (χ4v) is 5.54. The Kier molecular flexibility index (Phi) is 4.57. The van der Waals surface area contributed by atoms with Crippen LogP contribution in [-0.4, -0.2) is 34.7 Å². The summed E-state index contributed by atoms with van der Waals surface area (Å²) >= 11 is 0. The van der Waals surface area contributed by atoms with Gasteiger partial charge in [-0.1, -0.05) is 12.1 Å². The zero-order valence-electron chi connectivity index (χ0n) is 18.5. The quantitative estimate of drug-likeness (QED) is 0.689. The van der Waals surface area contributed by atoms with Crippen LogP contribution in [0, 0.1) is 0 Å². The third-order valence-electron chi connectivity index (χ3n) is 7.38.